The Morgan fingerprint density at radius 1 is 1.25 bits per heavy atom. The predicted molar refractivity (Wildman–Crippen MR) is 61.8 cm³/mol. The minimum atomic E-state index is 0.673. The van der Waals surface area contributed by atoms with Gasteiger partial charge < -0.3 is 9.47 Å². The Bertz CT molecular complexity index is 421. The highest BCUT2D eigenvalue weighted by Crippen LogP contribution is 2.30. The second-order valence-corrected chi connectivity index (χ2v) is 3.76. The second-order valence-electron chi connectivity index (χ2n) is 3.76. The molecule has 0 atom stereocenters. The first-order valence-electron chi connectivity index (χ1n) is 5.33. The van der Waals surface area contributed by atoms with Crippen molar-refractivity contribution in [2.45, 2.75) is 13.3 Å². The number of hydrogen-bond donors (Lipinski definition) is 0. The van der Waals surface area contributed by atoms with Crippen molar-refractivity contribution >= 4 is 12.4 Å². The predicted octanol–water partition coefficient (Wildman–Crippen LogP) is 2.45. The van der Waals surface area contributed by atoms with Crippen molar-refractivity contribution in [3.63, 3.8) is 0 Å². The topological polar surface area (TPSA) is 35.5 Å². The Kier molecular flexibility index (Phi) is 3.25. The Balaban J connectivity index is 2.30. The summed E-state index contributed by atoms with van der Waals surface area (Å²) in [7, 11) is 0. The molecule has 0 aromatic heterocycles. The van der Waals surface area contributed by atoms with Crippen molar-refractivity contribution in [3.8, 4) is 11.5 Å². The molecule has 2 rings (SSSR count). The zero-order chi connectivity index (χ0) is 11.4. The van der Waals surface area contributed by atoms with Gasteiger partial charge in [0.1, 0.15) is 6.29 Å². The van der Waals surface area contributed by atoms with Crippen LogP contribution in [0.2, 0.25) is 0 Å². The van der Waals surface area contributed by atoms with E-state index in [4.69, 9.17) is 9.47 Å². The van der Waals surface area contributed by atoms with Gasteiger partial charge in [0.05, 0.1) is 13.2 Å². The van der Waals surface area contributed by atoms with Crippen LogP contribution in [0.4, 0.5) is 0 Å². The van der Waals surface area contributed by atoms with E-state index in [1.54, 1.807) is 6.92 Å². The van der Waals surface area contributed by atoms with E-state index >= 15 is 0 Å². The molecule has 0 saturated heterocycles. The van der Waals surface area contributed by atoms with Gasteiger partial charge in [0.15, 0.2) is 11.5 Å². The summed E-state index contributed by atoms with van der Waals surface area (Å²) in [5.41, 5.74) is 1.64. The summed E-state index contributed by atoms with van der Waals surface area (Å²) in [6.45, 7) is 3.14. The van der Waals surface area contributed by atoms with E-state index in [9.17, 15) is 4.79 Å². The quantitative estimate of drug-likeness (QED) is 0.565. The SMILES string of the molecule is CC(C=O)=Cc1ccc2c(c1)OCCCO2. The van der Waals surface area contributed by atoms with Crippen molar-refractivity contribution < 1.29 is 14.3 Å². The fourth-order valence-corrected chi connectivity index (χ4v) is 1.57. The maximum absolute atomic E-state index is 10.5. The number of carbonyl (C=O) groups is 1. The number of allylic oxidation sites excluding steroid dienone is 1. The summed E-state index contributed by atoms with van der Waals surface area (Å²) in [6.07, 6.45) is 3.55. The van der Waals surface area contributed by atoms with Crippen LogP contribution < -0.4 is 9.47 Å². The number of ether oxygens (including phenoxy) is 2. The van der Waals surface area contributed by atoms with Crippen LogP contribution in [-0.4, -0.2) is 19.5 Å². The molecule has 1 heterocycles. The molecule has 1 aliphatic heterocycles. The average molecular weight is 218 g/mol. The van der Waals surface area contributed by atoms with Gasteiger partial charge in [-0.05, 0) is 36.3 Å². The Hall–Kier alpha value is -1.77. The average Bonchev–Trinajstić information content (AvgIpc) is 2.53. The van der Waals surface area contributed by atoms with Crippen LogP contribution in [0.1, 0.15) is 18.9 Å². The molecule has 1 aliphatic rings. The summed E-state index contributed by atoms with van der Waals surface area (Å²) in [5.74, 6) is 1.53. The third-order valence-electron chi connectivity index (χ3n) is 2.35. The summed E-state index contributed by atoms with van der Waals surface area (Å²) < 4.78 is 11.1. The first kappa shape index (κ1) is 10.7. The molecule has 0 bridgehead atoms. The van der Waals surface area contributed by atoms with Crippen LogP contribution in [0.3, 0.4) is 0 Å². The Labute approximate surface area is 94.7 Å². The smallest absolute Gasteiger partial charge is 0.161 e. The minimum Gasteiger partial charge on any atom is -0.490 e. The Morgan fingerprint density at radius 3 is 2.75 bits per heavy atom. The zero-order valence-electron chi connectivity index (χ0n) is 9.23. The summed E-state index contributed by atoms with van der Waals surface area (Å²) in [6, 6.07) is 5.69. The van der Waals surface area contributed by atoms with Gasteiger partial charge in [0.25, 0.3) is 0 Å². The number of aldehydes is 1. The van der Waals surface area contributed by atoms with Gasteiger partial charge in [-0.25, -0.2) is 0 Å². The molecule has 1 aromatic carbocycles. The fraction of sp³-hybridized carbons (Fsp3) is 0.308. The van der Waals surface area contributed by atoms with Crippen molar-refractivity contribution in [1.29, 1.82) is 0 Å². The van der Waals surface area contributed by atoms with Gasteiger partial charge >= 0.3 is 0 Å². The van der Waals surface area contributed by atoms with Crippen molar-refractivity contribution in [1.82, 2.24) is 0 Å². The number of fused-ring (bicyclic) bond motifs is 1. The number of carbonyl (C=O) groups excluding carboxylic acids is 1. The molecule has 0 radical (unpaired) electrons. The molecule has 84 valence electrons. The molecule has 0 fully saturated rings. The monoisotopic (exact) mass is 218 g/mol. The van der Waals surface area contributed by atoms with E-state index < -0.39 is 0 Å². The molecule has 0 amide bonds. The van der Waals surface area contributed by atoms with Crippen molar-refractivity contribution in [3.05, 3.63) is 29.3 Å². The van der Waals surface area contributed by atoms with Gasteiger partial charge in [-0.2, -0.15) is 0 Å². The first-order valence-corrected chi connectivity index (χ1v) is 5.33. The lowest BCUT2D eigenvalue weighted by molar-refractivity contribution is -0.104. The van der Waals surface area contributed by atoms with E-state index in [1.807, 2.05) is 24.3 Å². The number of rotatable bonds is 2. The third-order valence-corrected chi connectivity index (χ3v) is 2.35. The molecular weight excluding hydrogens is 204 g/mol. The second kappa shape index (κ2) is 4.84. The van der Waals surface area contributed by atoms with Gasteiger partial charge in [0, 0.05) is 6.42 Å². The fourth-order valence-electron chi connectivity index (χ4n) is 1.57. The summed E-state index contributed by atoms with van der Waals surface area (Å²) >= 11 is 0. The molecule has 16 heavy (non-hydrogen) atoms. The van der Waals surface area contributed by atoms with Crippen molar-refractivity contribution in [2.24, 2.45) is 0 Å². The van der Waals surface area contributed by atoms with E-state index in [-0.39, 0.29) is 0 Å². The molecule has 0 unspecified atom stereocenters. The first-order chi connectivity index (χ1) is 7.79. The van der Waals surface area contributed by atoms with Gasteiger partial charge in [-0.3, -0.25) is 4.79 Å². The lowest BCUT2D eigenvalue weighted by atomic mass is 10.1. The Morgan fingerprint density at radius 2 is 2.00 bits per heavy atom. The lowest BCUT2D eigenvalue weighted by Gasteiger charge is -2.07. The number of hydrogen-bond acceptors (Lipinski definition) is 3. The number of benzene rings is 1. The highest BCUT2D eigenvalue weighted by atomic mass is 16.5. The maximum atomic E-state index is 10.5. The molecule has 1 aromatic rings. The van der Waals surface area contributed by atoms with E-state index in [1.165, 1.54) is 0 Å². The van der Waals surface area contributed by atoms with E-state index in [2.05, 4.69) is 0 Å². The molecule has 0 N–H and O–H groups in total. The van der Waals surface area contributed by atoms with Crippen LogP contribution in [-0.2, 0) is 4.79 Å². The molecular formula is C13H14O3. The van der Waals surface area contributed by atoms with E-state index in [0.717, 1.165) is 29.8 Å². The van der Waals surface area contributed by atoms with Crippen LogP contribution in [0, 0.1) is 0 Å². The largest absolute Gasteiger partial charge is 0.490 e. The zero-order valence-corrected chi connectivity index (χ0v) is 9.23. The van der Waals surface area contributed by atoms with Gasteiger partial charge in [0.2, 0.25) is 0 Å². The summed E-state index contributed by atoms with van der Waals surface area (Å²) in [4.78, 5) is 10.5. The molecule has 3 nitrogen and oxygen atoms in total. The normalized spacial score (nSPS) is 15.4. The highest BCUT2D eigenvalue weighted by molar-refractivity contribution is 5.81. The highest BCUT2D eigenvalue weighted by Gasteiger charge is 2.09. The standard InChI is InChI=1S/C13H14O3/c1-10(9-14)7-11-3-4-12-13(8-11)16-6-2-5-15-12/h3-4,7-9H,2,5-6H2,1H3. The molecule has 0 aliphatic carbocycles. The van der Waals surface area contributed by atoms with Crippen LogP contribution in [0.5, 0.6) is 11.5 Å². The minimum absolute atomic E-state index is 0.673. The lowest BCUT2D eigenvalue weighted by Crippen LogP contribution is -1.97. The van der Waals surface area contributed by atoms with Crippen LogP contribution >= 0.6 is 0 Å². The molecule has 0 saturated carbocycles. The molecule has 0 spiro atoms. The van der Waals surface area contributed by atoms with Gasteiger partial charge in [-0.1, -0.05) is 6.07 Å². The van der Waals surface area contributed by atoms with Crippen molar-refractivity contribution in [2.75, 3.05) is 13.2 Å². The maximum Gasteiger partial charge on any atom is 0.161 e. The van der Waals surface area contributed by atoms with Gasteiger partial charge in [-0.15, -0.1) is 0 Å². The van der Waals surface area contributed by atoms with Crippen LogP contribution in [0.25, 0.3) is 6.08 Å². The van der Waals surface area contributed by atoms with Crippen LogP contribution in [0.15, 0.2) is 23.8 Å². The molecule has 3 heteroatoms. The third kappa shape index (κ3) is 2.42. The summed E-state index contributed by atoms with van der Waals surface area (Å²) in [5, 5.41) is 0. The van der Waals surface area contributed by atoms with E-state index in [0.29, 0.717) is 18.8 Å².